The minimum Gasteiger partial charge on any atom is -0.493 e. The topological polar surface area (TPSA) is 39.4 Å². The maximum Gasteiger partial charge on any atom is 0.176 e. The van der Waals surface area contributed by atoms with Gasteiger partial charge >= 0.3 is 0 Å². The molecule has 0 N–H and O–H groups in total. The van der Waals surface area contributed by atoms with E-state index in [1.807, 2.05) is 24.3 Å². The molecule has 0 saturated heterocycles. The van der Waals surface area contributed by atoms with Crippen molar-refractivity contribution in [2.24, 2.45) is 0 Å². The standard InChI is InChI=1S/C12H11ClO3/c1-15-11-4-2-3-8-5-10(16-12(8)11)6-9(14)7-13/h2-5H,6-7H2,1H3. The van der Waals surface area contributed by atoms with Crippen LogP contribution < -0.4 is 4.74 Å². The Kier molecular flexibility index (Phi) is 3.15. The summed E-state index contributed by atoms with van der Waals surface area (Å²) >= 11 is 5.44. The van der Waals surface area contributed by atoms with Crippen LogP contribution in [0.15, 0.2) is 28.7 Å². The van der Waals surface area contributed by atoms with Crippen LogP contribution in [0, 0.1) is 0 Å². The van der Waals surface area contributed by atoms with Crippen molar-refractivity contribution in [3.63, 3.8) is 0 Å². The molecule has 0 aliphatic carbocycles. The lowest BCUT2D eigenvalue weighted by molar-refractivity contribution is -0.116. The number of ether oxygens (including phenoxy) is 1. The first-order chi connectivity index (χ1) is 7.74. The van der Waals surface area contributed by atoms with E-state index in [0.717, 1.165) is 5.39 Å². The van der Waals surface area contributed by atoms with Crippen LogP contribution in [-0.4, -0.2) is 18.8 Å². The number of rotatable bonds is 4. The highest BCUT2D eigenvalue weighted by Gasteiger charge is 2.10. The Hall–Kier alpha value is -1.48. The Labute approximate surface area is 97.9 Å². The molecule has 0 unspecified atom stereocenters. The highest BCUT2D eigenvalue weighted by Crippen LogP contribution is 2.28. The smallest absolute Gasteiger partial charge is 0.176 e. The van der Waals surface area contributed by atoms with Gasteiger partial charge in [0.15, 0.2) is 17.1 Å². The van der Waals surface area contributed by atoms with Crippen molar-refractivity contribution in [1.29, 1.82) is 0 Å². The molecule has 0 atom stereocenters. The number of ketones is 1. The number of para-hydroxylation sites is 1. The van der Waals surface area contributed by atoms with Crippen LogP contribution in [0.4, 0.5) is 0 Å². The van der Waals surface area contributed by atoms with E-state index in [1.165, 1.54) is 0 Å². The Morgan fingerprint density at radius 3 is 3.00 bits per heavy atom. The average Bonchev–Trinajstić information content (AvgIpc) is 2.70. The van der Waals surface area contributed by atoms with Gasteiger partial charge in [-0.3, -0.25) is 4.79 Å². The van der Waals surface area contributed by atoms with Crippen molar-refractivity contribution in [2.75, 3.05) is 13.0 Å². The molecule has 0 saturated carbocycles. The van der Waals surface area contributed by atoms with Gasteiger partial charge < -0.3 is 9.15 Å². The van der Waals surface area contributed by atoms with Gasteiger partial charge in [0.05, 0.1) is 19.4 Å². The Bertz CT molecular complexity index is 516. The van der Waals surface area contributed by atoms with Crippen molar-refractivity contribution < 1.29 is 13.9 Å². The molecule has 1 aromatic heterocycles. The number of furan rings is 1. The number of hydrogen-bond donors (Lipinski definition) is 0. The van der Waals surface area contributed by atoms with E-state index in [1.54, 1.807) is 7.11 Å². The maximum atomic E-state index is 11.2. The van der Waals surface area contributed by atoms with E-state index >= 15 is 0 Å². The normalized spacial score (nSPS) is 10.6. The molecule has 84 valence electrons. The van der Waals surface area contributed by atoms with Crippen molar-refractivity contribution in [3.05, 3.63) is 30.0 Å². The van der Waals surface area contributed by atoms with Crippen molar-refractivity contribution in [2.45, 2.75) is 6.42 Å². The molecule has 1 aromatic carbocycles. The second kappa shape index (κ2) is 4.58. The lowest BCUT2D eigenvalue weighted by Gasteiger charge is -1.98. The predicted molar refractivity (Wildman–Crippen MR) is 62.2 cm³/mol. The lowest BCUT2D eigenvalue weighted by Crippen LogP contribution is -2.02. The van der Waals surface area contributed by atoms with Gasteiger partial charge in [-0.1, -0.05) is 12.1 Å². The summed E-state index contributed by atoms with van der Waals surface area (Å²) < 4.78 is 10.7. The van der Waals surface area contributed by atoms with Gasteiger partial charge in [0.1, 0.15) is 5.76 Å². The number of alkyl halides is 1. The third-order valence-corrected chi connectivity index (χ3v) is 2.60. The molecule has 0 bridgehead atoms. The quantitative estimate of drug-likeness (QED) is 0.769. The monoisotopic (exact) mass is 238 g/mol. The summed E-state index contributed by atoms with van der Waals surface area (Å²) in [7, 11) is 1.58. The van der Waals surface area contributed by atoms with E-state index in [2.05, 4.69) is 0 Å². The highest BCUT2D eigenvalue weighted by atomic mass is 35.5. The molecule has 0 aliphatic rings. The van der Waals surface area contributed by atoms with Crippen molar-refractivity contribution in [1.82, 2.24) is 0 Å². The first-order valence-electron chi connectivity index (χ1n) is 4.87. The Balaban J connectivity index is 2.39. The van der Waals surface area contributed by atoms with E-state index in [-0.39, 0.29) is 18.1 Å². The summed E-state index contributed by atoms with van der Waals surface area (Å²) in [5.74, 6) is 1.24. The molecule has 1 heterocycles. The zero-order chi connectivity index (χ0) is 11.5. The van der Waals surface area contributed by atoms with Gasteiger partial charge in [-0.2, -0.15) is 0 Å². The molecular formula is C12H11ClO3. The first kappa shape index (κ1) is 11.0. The minimum atomic E-state index is -0.0558. The number of fused-ring (bicyclic) bond motifs is 1. The summed E-state index contributed by atoms with van der Waals surface area (Å²) in [6.45, 7) is 0. The number of carbonyl (C=O) groups excluding carboxylic acids is 1. The van der Waals surface area contributed by atoms with Crippen molar-refractivity contribution in [3.8, 4) is 5.75 Å². The van der Waals surface area contributed by atoms with Crippen LogP contribution in [0.5, 0.6) is 5.75 Å². The van der Waals surface area contributed by atoms with Crippen LogP contribution in [-0.2, 0) is 11.2 Å². The van der Waals surface area contributed by atoms with E-state index in [4.69, 9.17) is 20.8 Å². The number of hydrogen-bond acceptors (Lipinski definition) is 3. The number of methoxy groups -OCH3 is 1. The fraction of sp³-hybridized carbons (Fsp3) is 0.250. The summed E-state index contributed by atoms with van der Waals surface area (Å²) in [6.07, 6.45) is 0.224. The molecule has 0 aliphatic heterocycles. The van der Waals surface area contributed by atoms with Crippen LogP contribution in [0.2, 0.25) is 0 Å². The average molecular weight is 239 g/mol. The van der Waals surface area contributed by atoms with Gasteiger partial charge in [-0.25, -0.2) is 0 Å². The molecule has 2 rings (SSSR count). The van der Waals surface area contributed by atoms with Gasteiger partial charge in [-0.05, 0) is 12.1 Å². The molecule has 4 heteroatoms. The summed E-state index contributed by atoms with van der Waals surface area (Å²) in [5.41, 5.74) is 0.669. The summed E-state index contributed by atoms with van der Waals surface area (Å²) in [5, 5.41) is 0.928. The summed E-state index contributed by atoms with van der Waals surface area (Å²) in [6, 6.07) is 7.45. The molecule has 0 amide bonds. The second-order valence-corrected chi connectivity index (χ2v) is 3.71. The number of halogens is 1. The Morgan fingerprint density at radius 1 is 1.50 bits per heavy atom. The molecule has 2 aromatic rings. The molecule has 0 radical (unpaired) electrons. The van der Waals surface area contributed by atoms with Crippen LogP contribution in [0.3, 0.4) is 0 Å². The molecule has 0 fully saturated rings. The van der Waals surface area contributed by atoms with Gasteiger partial charge in [0, 0.05) is 5.39 Å². The van der Waals surface area contributed by atoms with Gasteiger partial charge in [0.2, 0.25) is 0 Å². The number of Topliss-reactive ketones (excluding diaryl/α,β-unsaturated/α-hetero) is 1. The highest BCUT2D eigenvalue weighted by molar-refractivity contribution is 6.27. The van der Waals surface area contributed by atoms with Crippen LogP contribution >= 0.6 is 11.6 Å². The van der Waals surface area contributed by atoms with E-state index < -0.39 is 0 Å². The zero-order valence-electron chi connectivity index (χ0n) is 8.83. The zero-order valence-corrected chi connectivity index (χ0v) is 9.58. The predicted octanol–water partition coefficient (Wildman–Crippen LogP) is 2.79. The fourth-order valence-corrected chi connectivity index (χ4v) is 1.67. The molecule has 0 spiro atoms. The first-order valence-corrected chi connectivity index (χ1v) is 5.41. The third kappa shape index (κ3) is 2.04. The van der Waals surface area contributed by atoms with Gasteiger partial charge in [-0.15, -0.1) is 11.6 Å². The lowest BCUT2D eigenvalue weighted by atomic mass is 10.2. The number of benzene rings is 1. The third-order valence-electron chi connectivity index (χ3n) is 2.30. The summed E-state index contributed by atoms with van der Waals surface area (Å²) in [4.78, 5) is 11.2. The molecule has 3 nitrogen and oxygen atoms in total. The van der Waals surface area contributed by atoms with Crippen LogP contribution in [0.25, 0.3) is 11.0 Å². The van der Waals surface area contributed by atoms with E-state index in [9.17, 15) is 4.79 Å². The SMILES string of the molecule is COc1cccc2cc(CC(=O)CCl)oc12. The Morgan fingerprint density at radius 2 is 2.31 bits per heavy atom. The van der Waals surface area contributed by atoms with Crippen molar-refractivity contribution >= 4 is 28.4 Å². The largest absolute Gasteiger partial charge is 0.493 e. The van der Waals surface area contributed by atoms with Gasteiger partial charge in [0.25, 0.3) is 0 Å². The molecule has 16 heavy (non-hydrogen) atoms. The van der Waals surface area contributed by atoms with Crippen LogP contribution in [0.1, 0.15) is 5.76 Å². The number of carbonyl (C=O) groups is 1. The fourth-order valence-electron chi connectivity index (χ4n) is 1.58. The minimum absolute atomic E-state index is 0.00812. The molecular weight excluding hydrogens is 228 g/mol. The van der Waals surface area contributed by atoms with E-state index in [0.29, 0.717) is 17.1 Å². The second-order valence-electron chi connectivity index (χ2n) is 3.44. The maximum absolute atomic E-state index is 11.2.